The summed E-state index contributed by atoms with van der Waals surface area (Å²) in [5.74, 6) is -1.87. The largest absolute Gasteiger partial charge is 0.472 e. The first kappa shape index (κ1) is 14.7. The van der Waals surface area contributed by atoms with Crippen LogP contribution in [0.4, 0.5) is 8.78 Å². The molecule has 2 N–H and O–H groups in total. The monoisotopic (exact) mass is 307 g/mol. The highest BCUT2D eigenvalue weighted by molar-refractivity contribution is 5.94. The number of hydrogen-bond donors (Lipinski definition) is 2. The molecule has 1 aromatic carbocycles. The number of furan rings is 1. The molecule has 0 saturated heterocycles. The lowest BCUT2D eigenvalue weighted by Gasteiger charge is -2.38. The van der Waals surface area contributed by atoms with Crippen LogP contribution in [-0.4, -0.2) is 17.1 Å². The summed E-state index contributed by atoms with van der Waals surface area (Å²) in [4.78, 5) is 12.2. The number of amides is 1. The summed E-state index contributed by atoms with van der Waals surface area (Å²) >= 11 is 0. The third kappa shape index (κ3) is 2.87. The Balaban J connectivity index is 1.85. The summed E-state index contributed by atoms with van der Waals surface area (Å²) in [5.41, 5.74) is 0.544. The maximum Gasteiger partial charge on any atom is 0.255 e. The molecule has 0 aliphatic heterocycles. The zero-order valence-corrected chi connectivity index (χ0v) is 11.6. The second kappa shape index (κ2) is 5.88. The first-order valence-corrected chi connectivity index (χ1v) is 7.00. The fraction of sp³-hybridized carbons (Fsp3) is 0.312. The minimum Gasteiger partial charge on any atom is -0.472 e. The van der Waals surface area contributed by atoms with Gasteiger partial charge in [0.1, 0.15) is 17.9 Å². The Bertz CT molecular complexity index is 666. The van der Waals surface area contributed by atoms with E-state index in [-0.39, 0.29) is 11.5 Å². The second-order valence-electron chi connectivity index (χ2n) is 5.51. The van der Waals surface area contributed by atoms with Crippen molar-refractivity contribution in [2.24, 2.45) is 5.92 Å². The average molecular weight is 307 g/mol. The van der Waals surface area contributed by atoms with Gasteiger partial charge in [0.05, 0.1) is 24.0 Å². The van der Waals surface area contributed by atoms with Gasteiger partial charge in [-0.2, -0.15) is 0 Å². The predicted octanol–water partition coefficient (Wildman–Crippen LogP) is 2.80. The minimum absolute atomic E-state index is 0.0918. The fourth-order valence-corrected chi connectivity index (χ4v) is 2.72. The van der Waals surface area contributed by atoms with Crippen LogP contribution in [0.1, 0.15) is 34.8 Å². The van der Waals surface area contributed by atoms with E-state index >= 15 is 0 Å². The van der Waals surface area contributed by atoms with Crippen molar-refractivity contribution >= 4 is 5.91 Å². The van der Waals surface area contributed by atoms with Gasteiger partial charge >= 0.3 is 0 Å². The summed E-state index contributed by atoms with van der Waals surface area (Å²) < 4.78 is 32.0. The Hall–Kier alpha value is -2.21. The normalized spacial score (nSPS) is 22.0. The van der Waals surface area contributed by atoms with E-state index in [1.54, 1.807) is 0 Å². The molecule has 0 spiro atoms. The number of nitrogens with one attached hydrogen (secondary N) is 1. The molecule has 0 bridgehead atoms. The maximum absolute atomic E-state index is 14.0. The Morgan fingerprint density at radius 2 is 2.09 bits per heavy atom. The van der Waals surface area contributed by atoms with Crippen molar-refractivity contribution in [3.8, 4) is 0 Å². The lowest BCUT2D eigenvalue weighted by atomic mass is 9.75. The van der Waals surface area contributed by atoms with Crippen LogP contribution in [0.3, 0.4) is 0 Å². The van der Waals surface area contributed by atoms with E-state index in [1.807, 2.05) is 0 Å². The van der Waals surface area contributed by atoms with Gasteiger partial charge < -0.3 is 14.8 Å². The van der Waals surface area contributed by atoms with E-state index in [2.05, 4.69) is 5.32 Å². The van der Waals surface area contributed by atoms with E-state index in [0.29, 0.717) is 18.4 Å². The number of aliphatic hydroxyl groups is 1. The molecule has 2 aromatic rings. The third-order valence-electron chi connectivity index (χ3n) is 3.99. The Morgan fingerprint density at radius 1 is 1.32 bits per heavy atom. The Labute approximate surface area is 125 Å². The van der Waals surface area contributed by atoms with Crippen molar-refractivity contribution in [2.45, 2.75) is 25.0 Å². The molecule has 116 valence electrons. The molecular formula is C16H15F2NO3. The van der Waals surface area contributed by atoms with Gasteiger partial charge in [0.15, 0.2) is 0 Å². The molecule has 1 fully saturated rings. The van der Waals surface area contributed by atoms with Crippen LogP contribution in [0.5, 0.6) is 0 Å². The predicted molar refractivity (Wildman–Crippen MR) is 74.0 cm³/mol. The van der Waals surface area contributed by atoms with Crippen LogP contribution in [0, 0.1) is 17.6 Å². The van der Waals surface area contributed by atoms with Gasteiger partial charge in [-0.05, 0) is 30.9 Å². The molecule has 1 atom stereocenters. The number of rotatable bonds is 4. The molecule has 1 heterocycles. The lowest BCUT2D eigenvalue weighted by Crippen LogP contribution is -2.41. The zero-order valence-electron chi connectivity index (χ0n) is 11.6. The smallest absolute Gasteiger partial charge is 0.255 e. The molecule has 22 heavy (non-hydrogen) atoms. The molecule has 3 rings (SSSR count). The van der Waals surface area contributed by atoms with Crippen LogP contribution in [0.2, 0.25) is 0 Å². The van der Waals surface area contributed by atoms with Gasteiger partial charge in [-0.1, -0.05) is 6.07 Å². The van der Waals surface area contributed by atoms with Crippen molar-refractivity contribution in [3.63, 3.8) is 0 Å². The maximum atomic E-state index is 14.0. The van der Waals surface area contributed by atoms with Gasteiger partial charge in [-0.25, -0.2) is 8.78 Å². The van der Waals surface area contributed by atoms with Crippen LogP contribution in [-0.2, 0) is 0 Å². The molecule has 1 amide bonds. The summed E-state index contributed by atoms with van der Waals surface area (Å²) in [5, 5.41) is 12.2. The van der Waals surface area contributed by atoms with Crippen molar-refractivity contribution < 1.29 is 23.1 Å². The molecule has 1 aliphatic carbocycles. The molecule has 1 aliphatic rings. The van der Waals surface area contributed by atoms with Gasteiger partial charge in [-0.15, -0.1) is 0 Å². The van der Waals surface area contributed by atoms with Crippen molar-refractivity contribution in [2.75, 3.05) is 0 Å². The van der Waals surface area contributed by atoms with Crippen LogP contribution < -0.4 is 5.32 Å². The lowest BCUT2D eigenvalue weighted by molar-refractivity contribution is 0.0229. The molecular weight excluding hydrogens is 292 g/mol. The second-order valence-corrected chi connectivity index (χ2v) is 5.51. The van der Waals surface area contributed by atoms with Crippen LogP contribution in [0.25, 0.3) is 0 Å². The number of benzene rings is 1. The Morgan fingerprint density at radius 3 is 2.68 bits per heavy atom. The molecule has 1 aromatic heterocycles. The standard InChI is InChI=1S/C16H15F2NO3/c17-11-1-2-13(14(18)7-11)15(10-5-12(20)6-10)19-16(21)9-3-4-22-8-9/h1-4,7-8,10,12,15,20H,5-6H2,(H,19,21). The van der Waals surface area contributed by atoms with Crippen molar-refractivity contribution in [3.05, 3.63) is 59.6 Å². The van der Waals surface area contributed by atoms with Gasteiger partial charge in [0.2, 0.25) is 0 Å². The number of hydrogen-bond acceptors (Lipinski definition) is 3. The third-order valence-corrected chi connectivity index (χ3v) is 3.99. The van der Waals surface area contributed by atoms with Crippen molar-refractivity contribution in [1.29, 1.82) is 0 Å². The number of carbonyl (C=O) groups is 1. The van der Waals surface area contributed by atoms with E-state index in [9.17, 15) is 18.7 Å². The molecule has 1 saturated carbocycles. The molecule has 1 unspecified atom stereocenters. The highest BCUT2D eigenvalue weighted by atomic mass is 19.1. The number of aliphatic hydroxyl groups excluding tert-OH is 1. The summed E-state index contributed by atoms with van der Waals surface area (Å²) in [6.45, 7) is 0. The average Bonchev–Trinajstić information content (AvgIpc) is 2.96. The molecule has 4 nitrogen and oxygen atoms in total. The quantitative estimate of drug-likeness (QED) is 0.913. The first-order chi connectivity index (χ1) is 10.5. The Kier molecular flexibility index (Phi) is 3.94. The first-order valence-electron chi connectivity index (χ1n) is 7.00. The molecule has 6 heteroatoms. The topological polar surface area (TPSA) is 62.5 Å². The van der Waals surface area contributed by atoms with Crippen LogP contribution in [0.15, 0.2) is 41.2 Å². The van der Waals surface area contributed by atoms with Crippen LogP contribution >= 0.6 is 0 Å². The van der Waals surface area contributed by atoms with E-state index in [0.717, 1.165) is 12.1 Å². The SMILES string of the molecule is O=C(NC(c1ccc(F)cc1F)C1CC(O)C1)c1ccoc1. The summed E-state index contributed by atoms with van der Waals surface area (Å²) in [6, 6.07) is 4.16. The van der Waals surface area contributed by atoms with E-state index in [4.69, 9.17) is 4.42 Å². The summed E-state index contributed by atoms with van der Waals surface area (Å²) in [7, 11) is 0. The zero-order chi connectivity index (χ0) is 15.7. The van der Waals surface area contributed by atoms with E-state index in [1.165, 1.54) is 24.7 Å². The molecule has 0 radical (unpaired) electrons. The summed E-state index contributed by atoms with van der Waals surface area (Å²) in [6.07, 6.45) is 3.15. The van der Waals surface area contributed by atoms with Gasteiger partial charge in [0, 0.05) is 11.6 Å². The van der Waals surface area contributed by atoms with Crippen molar-refractivity contribution in [1.82, 2.24) is 5.32 Å². The van der Waals surface area contributed by atoms with Gasteiger partial charge in [-0.3, -0.25) is 4.79 Å². The highest BCUT2D eigenvalue weighted by Crippen LogP contribution is 2.39. The number of halogens is 2. The number of carbonyl (C=O) groups excluding carboxylic acids is 1. The minimum atomic E-state index is -0.709. The fourth-order valence-electron chi connectivity index (χ4n) is 2.72. The van der Waals surface area contributed by atoms with Gasteiger partial charge in [0.25, 0.3) is 5.91 Å². The highest BCUT2D eigenvalue weighted by Gasteiger charge is 2.37. The van der Waals surface area contributed by atoms with E-state index < -0.39 is 29.7 Å².